The molecule has 0 unspecified atom stereocenters. The maximum Gasteiger partial charge on any atom is 0.0487 e. The average Bonchev–Trinajstić information content (AvgIpc) is 2.36. The number of hydrogen-bond donors (Lipinski definition) is 0. The molecule has 0 bridgehead atoms. The van der Waals surface area contributed by atoms with Gasteiger partial charge in [-0.2, -0.15) is 0 Å². The smallest absolute Gasteiger partial charge is 0.0487 e. The van der Waals surface area contributed by atoms with E-state index < -0.39 is 0 Å². The minimum Gasteiger partial charge on any atom is -0.0837 e. The normalized spacial score (nSPS) is 10.7. The lowest BCUT2D eigenvalue weighted by molar-refractivity contribution is 1.14. The van der Waals surface area contributed by atoms with Gasteiger partial charge < -0.3 is 0 Å². The molecule has 0 aliphatic rings. The maximum absolute atomic E-state index is 6.40. The fourth-order valence-corrected chi connectivity index (χ4v) is 3.24. The Hall–Kier alpha value is -0.310. The molecule has 3 heteroatoms. The highest BCUT2D eigenvalue weighted by atomic mass is 79.9. The van der Waals surface area contributed by atoms with Crippen LogP contribution in [0.2, 0.25) is 5.02 Å². The summed E-state index contributed by atoms with van der Waals surface area (Å²) in [5.74, 6) is 0. The van der Waals surface area contributed by atoms with Gasteiger partial charge >= 0.3 is 0 Å². The van der Waals surface area contributed by atoms with Gasteiger partial charge in [-0.15, -0.1) is 0 Å². The maximum atomic E-state index is 6.40. The third-order valence-corrected chi connectivity index (χ3v) is 4.89. The van der Waals surface area contributed by atoms with Gasteiger partial charge in [-0.1, -0.05) is 62.5 Å². The predicted molar refractivity (Wildman–Crippen MR) is 86.4 cm³/mol. The van der Waals surface area contributed by atoms with E-state index in [2.05, 4.69) is 57.8 Å². The molecule has 2 aromatic rings. The highest BCUT2D eigenvalue weighted by Crippen LogP contribution is 2.39. The Bertz CT molecular complexity index is 591. The number of hydrogen-bond acceptors (Lipinski definition) is 0. The largest absolute Gasteiger partial charge is 0.0837 e. The SMILES string of the molecule is CCc1ccc(-c2c(Br)ccc(Br)c2C)c(Cl)c1. The van der Waals surface area contributed by atoms with E-state index in [-0.39, 0.29) is 0 Å². The van der Waals surface area contributed by atoms with E-state index in [1.165, 1.54) is 11.1 Å². The van der Waals surface area contributed by atoms with Gasteiger partial charge in [0.2, 0.25) is 0 Å². The van der Waals surface area contributed by atoms with Crippen LogP contribution in [0.3, 0.4) is 0 Å². The lowest BCUT2D eigenvalue weighted by atomic mass is 9.99. The summed E-state index contributed by atoms with van der Waals surface area (Å²) in [5, 5.41) is 0.802. The topological polar surface area (TPSA) is 0 Å². The number of halogens is 3. The van der Waals surface area contributed by atoms with Crippen molar-refractivity contribution >= 4 is 43.5 Å². The first kappa shape index (κ1) is 14.1. The molecule has 2 rings (SSSR count). The average molecular weight is 389 g/mol. The van der Waals surface area contributed by atoms with Crippen LogP contribution in [-0.4, -0.2) is 0 Å². The van der Waals surface area contributed by atoms with Crippen LogP contribution in [-0.2, 0) is 6.42 Å². The van der Waals surface area contributed by atoms with E-state index in [9.17, 15) is 0 Å². The van der Waals surface area contributed by atoms with Gasteiger partial charge in [-0.05, 0) is 42.7 Å². The van der Waals surface area contributed by atoms with Gasteiger partial charge in [0, 0.05) is 25.1 Å². The molecule has 94 valence electrons. The van der Waals surface area contributed by atoms with E-state index in [0.29, 0.717) is 0 Å². The van der Waals surface area contributed by atoms with Crippen molar-refractivity contribution < 1.29 is 0 Å². The summed E-state index contributed by atoms with van der Waals surface area (Å²) in [4.78, 5) is 0. The zero-order valence-electron chi connectivity index (χ0n) is 10.2. The lowest BCUT2D eigenvalue weighted by Crippen LogP contribution is -1.89. The van der Waals surface area contributed by atoms with Gasteiger partial charge in [-0.25, -0.2) is 0 Å². The van der Waals surface area contributed by atoms with Gasteiger partial charge in [0.25, 0.3) is 0 Å². The van der Waals surface area contributed by atoms with Gasteiger partial charge in [0.05, 0.1) is 0 Å². The fraction of sp³-hybridized carbons (Fsp3) is 0.200. The molecule has 0 amide bonds. The first-order valence-electron chi connectivity index (χ1n) is 5.78. The zero-order chi connectivity index (χ0) is 13.3. The zero-order valence-corrected chi connectivity index (χ0v) is 14.2. The third kappa shape index (κ3) is 2.66. The highest BCUT2D eigenvalue weighted by Gasteiger charge is 2.12. The quantitative estimate of drug-likeness (QED) is 0.558. The van der Waals surface area contributed by atoms with E-state index >= 15 is 0 Å². The van der Waals surface area contributed by atoms with Gasteiger partial charge in [0.15, 0.2) is 0 Å². The van der Waals surface area contributed by atoms with E-state index in [1.807, 2.05) is 18.2 Å². The van der Waals surface area contributed by atoms with Crippen LogP contribution in [0, 0.1) is 6.92 Å². The molecule has 0 aliphatic heterocycles. The van der Waals surface area contributed by atoms with Crippen LogP contribution in [0.25, 0.3) is 11.1 Å². The van der Waals surface area contributed by atoms with Crippen molar-refractivity contribution in [3.8, 4) is 11.1 Å². The first-order valence-corrected chi connectivity index (χ1v) is 7.74. The second-order valence-corrected chi connectivity index (χ2v) is 6.31. The summed E-state index contributed by atoms with van der Waals surface area (Å²) < 4.78 is 2.16. The Balaban J connectivity index is 2.66. The van der Waals surface area contributed by atoms with E-state index in [4.69, 9.17) is 11.6 Å². The molecular formula is C15H13Br2Cl. The molecule has 0 atom stereocenters. The van der Waals surface area contributed by atoms with Crippen LogP contribution >= 0.6 is 43.5 Å². The number of benzene rings is 2. The summed E-state index contributed by atoms with van der Waals surface area (Å²) in [5.41, 5.74) is 4.67. The van der Waals surface area contributed by atoms with Crippen LogP contribution in [0.4, 0.5) is 0 Å². The number of aryl methyl sites for hydroxylation is 1. The molecule has 0 aromatic heterocycles. The summed E-state index contributed by atoms with van der Waals surface area (Å²) >= 11 is 13.6. The van der Waals surface area contributed by atoms with Crippen molar-refractivity contribution in [3.05, 3.63) is 55.4 Å². The van der Waals surface area contributed by atoms with E-state index in [0.717, 1.165) is 31.5 Å². The van der Waals surface area contributed by atoms with Crippen molar-refractivity contribution in [1.29, 1.82) is 0 Å². The standard InChI is InChI=1S/C15H13Br2Cl/c1-3-10-4-5-11(14(18)8-10)15-9(2)12(16)6-7-13(15)17/h4-8H,3H2,1-2H3. The molecule has 0 radical (unpaired) electrons. The second-order valence-electron chi connectivity index (χ2n) is 4.20. The lowest BCUT2D eigenvalue weighted by Gasteiger charge is -2.13. The highest BCUT2D eigenvalue weighted by molar-refractivity contribution is 9.11. The summed E-state index contributed by atoms with van der Waals surface area (Å²) in [6, 6.07) is 10.4. The molecule has 0 N–H and O–H groups in total. The van der Waals surface area contributed by atoms with Crippen molar-refractivity contribution in [1.82, 2.24) is 0 Å². The minimum atomic E-state index is 0.802. The third-order valence-electron chi connectivity index (χ3n) is 3.06. The van der Waals surface area contributed by atoms with Crippen molar-refractivity contribution in [2.75, 3.05) is 0 Å². The summed E-state index contributed by atoms with van der Waals surface area (Å²) in [7, 11) is 0. The Morgan fingerprint density at radius 1 is 1.06 bits per heavy atom. The van der Waals surface area contributed by atoms with Crippen molar-refractivity contribution in [3.63, 3.8) is 0 Å². The summed E-state index contributed by atoms with van der Waals surface area (Å²) in [6.07, 6.45) is 0.999. The van der Waals surface area contributed by atoms with Crippen LogP contribution in [0.5, 0.6) is 0 Å². The van der Waals surface area contributed by atoms with Gasteiger partial charge in [0.1, 0.15) is 0 Å². The second kappa shape index (κ2) is 5.77. The molecule has 0 heterocycles. The Kier molecular flexibility index (Phi) is 4.52. The number of rotatable bonds is 2. The van der Waals surface area contributed by atoms with Gasteiger partial charge in [-0.3, -0.25) is 0 Å². The first-order chi connectivity index (χ1) is 8.54. The Morgan fingerprint density at radius 3 is 2.33 bits per heavy atom. The molecule has 0 aliphatic carbocycles. The molecule has 0 nitrogen and oxygen atoms in total. The molecule has 0 saturated heterocycles. The van der Waals surface area contributed by atoms with E-state index in [1.54, 1.807) is 0 Å². The minimum absolute atomic E-state index is 0.802. The van der Waals surface area contributed by atoms with Crippen molar-refractivity contribution in [2.24, 2.45) is 0 Å². The Morgan fingerprint density at radius 2 is 1.72 bits per heavy atom. The van der Waals surface area contributed by atoms with Crippen LogP contribution in [0.1, 0.15) is 18.1 Å². The van der Waals surface area contributed by atoms with Crippen LogP contribution < -0.4 is 0 Å². The molecule has 0 fully saturated rings. The molecule has 0 spiro atoms. The molecule has 2 aromatic carbocycles. The predicted octanol–water partition coefficient (Wildman–Crippen LogP) is 6.40. The summed E-state index contributed by atoms with van der Waals surface area (Å²) in [6.45, 7) is 4.22. The van der Waals surface area contributed by atoms with Crippen LogP contribution in [0.15, 0.2) is 39.3 Å². The fourth-order valence-electron chi connectivity index (χ4n) is 1.97. The molecule has 18 heavy (non-hydrogen) atoms. The molecular weight excluding hydrogens is 375 g/mol. The Labute approximate surface area is 130 Å². The molecule has 0 saturated carbocycles. The van der Waals surface area contributed by atoms with Crippen molar-refractivity contribution in [2.45, 2.75) is 20.3 Å². The monoisotopic (exact) mass is 386 g/mol.